The van der Waals surface area contributed by atoms with E-state index in [4.69, 9.17) is 0 Å². The van der Waals surface area contributed by atoms with Gasteiger partial charge in [0.25, 0.3) is 5.56 Å². The van der Waals surface area contributed by atoms with E-state index in [1.165, 1.54) is 29.8 Å². The standard InChI is InChI=1S/C22H27N5O2.ClH/c28-19-3-1-2-18-14-10-15(12-23-11-14)21(27(18)19)22(29)26-8-6-16-17(7-9-26)24-25-20(16)13-4-5-13;/h1-3,13-15,21,23H,4-12H2,(H,24,25);1H/t14-,15+,21-;/m1./s1. The largest absolute Gasteiger partial charge is 0.340 e. The monoisotopic (exact) mass is 429 g/mol. The maximum absolute atomic E-state index is 13.7. The van der Waals surface area contributed by atoms with Crippen LogP contribution >= 0.6 is 12.4 Å². The zero-order valence-corrected chi connectivity index (χ0v) is 17.8. The summed E-state index contributed by atoms with van der Waals surface area (Å²) in [5.74, 6) is 1.23. The minimum atomic E-state index is -0.389. The van der Waals surface area contributed by atoms with Crippen LogP contribution in [0.3, 0.4) is 0 Å². The van der Waals surface area contributed by atoms with E-state index in [2.05, 4.69) is 15.5 Å². The molecule has 8 heteroatoms. The number of piperidine rings is 1. The molecule has 3 atom stereocenters. The average Bonchev–Trinajstić information content (AvgIpc) is 3.53. The van der Waals surface area contributed by atoms with Gasteiger partial charge >= 0.3 is 0 Å². The molecule has 30 heavy (non-hydrogen) atoms. The first kappa shape index (κ1) is 19.8. The first-order valence-electron chi connectivity index (χ1n) is 11.0. The second-order valence-electron chi connectivity index (χ2n) is 9.12. The molecule has 2 aromatic heterocycles. The lowest BCUT2D eigenvalue weighted by atomic mass is 9.79. The molecule has 1 saturated heterocycles. The van der Waals surface area contributed by atoms with Gasteiger partial charge in [-0.1, -0.05) is 6.07 Å². The summed E-state index contributed by atoms with van der Waals surface area (Å²) in [4.78, 5) is 28.5. The third-order valence-electron chi connectivity index (χ3n) is 7.33. The van der Waals surface area contributed by atoms with Gasteiger partial charge in [0.15, 0.2) is 0 Å². The number of hydrogen-bond donors (Lipinski definition) is 2. The summed E-state index contributed by atoms with van der Waals surface area (Å²) < 4.78 is 1.81. The Morgan fingerprint density at radius 1 is 1.10 bits per heavy atom. The number of amides is 1. The number of H-pyrrole nitrogens is 1. The van der Waals surface area contributed by atoms with Crippen LogP contribution < -0.4 is 10.9 Å². The summed E-state index contributed by atoms with van der Waals surface area (Å²) in [6, 6.07) is 5.06. The number of carbonyl (C=O) groups excluding carboxylic acids is 1. The van der Waals surface area contributed by atoms with Crippen molar-refractivity contribution in [3.05, 3.63) is 51.2 Å². The van der Waals surface area contributed by atoms with Crippen molar-refractivity contribution in [2.24, 2.45) is 5.92 Å². The highest BCUT2D eigenvalue weighted by atomic mass is 35.5. The molecular formula is C22H28ClN5O2. The van der Waals surface area contributed by atoms with E-state index in [0.29, 0.717) is 24.9 Å². The zero-order valence-electron chi connectivity index (χ0n) is 17.0. The number of halogens is 1. The third kappa shape index (κ3) is 3.10. The highest BCUT2D eigenvalue weighted by molar-refractivity contribution is 5.85. The molecule has 2 bridgehead atoms. The van der Waals surface area contributed by atoms with Gasteiger partial charge in [-0.05, 0) is 37.3 Å². The normalized spacial score (nSPS) is 27.5. The van der Waals surface area contributed by atoms with Gasteiger partial charge in [0.05, 0.1) is 5.69 Å². The van der Waals surface area contributed by atoms with E-state index in [0.717, 1.165) is 38.0 Å². The Morgan fingerprint density at radius 2 is 1.93 bits per heavy atom. The highest BCUT2D eigenvalue weighted by Crippen LogP contribution is 2.42. The van der Waals surface area contributed by atoms with Crippen molar-refractivity contribution in [1.29, 1.82) is 0 Å². The van der Waals surface area contributed by atoms with Crippen LogP contribution in [0.25, 0.3) is 0 Å². The van der Waals surface area contributed by atoms with Crippen molar-refractivity contribution in [3.63, 3.8) is 0 Å². The summed E-state index contributed by atoms with van der Waals surface area (Å²) in [5.41, 5.74) is 4.73. The number of hydrogen-bond acceptors (Lipinski definition) is 4. The molecule has 160 valence electrons. The fraction of sp³-hybridized carbons (Fsp3) is 0.591. The zero-order chi connectivity index (χ0) is 19.5. The molecule has 1 amide bonds. The number of fused-ring (bicyclic) bond motifs is 5. The molecule has 5 heterocycles. The molecule has 1 aliphatic carbocycles. The number of carbonyl (C=O) groups is 1. The van der Waals surface area contributed by atoms with E-state index in [1.807, 2.05) is 21.6 Å². The van der Waals surface area contributed by atoms with Crippen molar-refractivity contribution in [2.75, 3.05) is 26.2 Å². The van der Waals surface area contributed by atoms with Gasteiger partial charge in [0.2, 0.25) is 5.91 Å². The van der Waals surface area contributed by atoms with E-state index in [1.54, 1.807) is 6.07 Å². The lowest BCUT2D eigenvalue weighted by Crippen LogP contribution is -2.53. The second kappa shape index (κ2) is 7.54. The van der Waals surface area contributed by atoms with Crippen molar-refractivity contribution in [2.45, 2.75) is 50.0 Å². The van der Waals surface area contributed by atoms with E-state index >= 15 is 0 Å². The predicted octanol–water partition coefficient (Wildman–Crippen LogP) is 1.75. The van der Waals surface area contributed by atoms with Crippen LogP contribution in [-0.2, 0) is 17.6 Å². The summed E-state index contributed by atoms with van der Waals surface area (Å²) in [6.07, 6.45) is 5.12. The quantitative estimate of drug-likeness (QED) is 0.761. The molecule has 3 aliphatic heterocycles. The Hall–Kier alpha value is -2.12. The SMILES string of the molecule is Cl.O=C([C@H]1[C@@H]2CNC[C@@H](C2)c2cccc(=O)n21)N1CCc2[nH]nc(C3CC3)c2CC1. The molecule has 2 aromatic rings. The van der Waals surface area contributed by atoms with Gasteiger partial charge in [0.1, 0.15) is 6.04 Å². The third-order valence-corrected chi connectivity index (χ3v) is 7.33. The summed E-state index contributed by atoms with van der Waals surface area (Å²) >= 11 is 0. The molecule has 0 aromatic carbocycles. The highest BCUT2D eigenvalue weighted by Gasteiger charge is 2.43. The van der Waals surface area contributed by atoms with Crippen LogP contribution in [0.5, 0.6) is 0 Å². The summed E-state index contributed by atoms with van der Waals surface area (Å²) in [7, 11) is 0. The van der Waals surface area contributed by atoms with Crippen molar-refractivity contribution < 1.29 is 4.79 Å². The van der Waals surface area contributed by atoms with Gasteiger partial charge in [-0.3, -0.25) is 19.3 Å². The Balaban J connectivity index is 0.00000193. The first-order chi connectivity index (χ1) is 14.2. The van der Waals surface area contributed by atoms with Crippen LogP contribution in [-0.4, -0.2) is 51.8 Å². The van der Waals surface area contributed by atoms with Gasteiger partial charge in [-0.25, -0.2) is 0 Å². The number of aromatic nitrogens is 3. The van der Waals surface area contributed by atoms with Crippen LogP contribution in [0.4, 0.5) is 0 Å². The number of rotatable bonds is 2. The Labute approximate surface area is 181 Å². The van der Waals surface area contributed by atoms with Crippen LogP contribution in [0.15, 0.2) is 23.0 Å². The lowest BCUT2D eigenvalue weighted by Gasteiger charge is -2.43. The van der Waals surface area contributed by atoms with Crippen LogP contribution in [0.1, 0.15) is 59.8 Å². The van der Waals surface area contributed by atoms with Gasteiger partial charge < -0.3 is 10.2 Å². The Bertz CT molecular complexity index is 1030. The Kier molecular flexibility index (Phi) is 4.98. The second-order valence-corrected chi connectivity index (χ2v) is 9.12. The maximum atomic E-state index is 13.7. The molecule has 0 unspecified atom stereocenters. The van der Waals surface area contributed by atoms with Crippen molar-refractivity contribution >= 4 is 18.3 Å². The van der Waals surface area contributed by atoms with Gasteiger partial charge in [-0.2, -0.15) is 5.10 Å². The molecule has 1 saturated carbocycles. The minimum Gasteiger partial charge on any atom is -0.340 e. The summed E-state index contributed by atoms with van der Waals surface area (Å²) in [5, 5.41) is 11.3. The number of nitrogens with one attached hydrogen (secondary N) is 2. The van der Waals surface area contributed by atoms with E-state index in [-0.39, 0.29) is 35.8 Å². The number of pyridine rings is 1. The molecule has 4 aliphatic rings. The van der Waals surface area contributed by atoms with Gasteiger partial charge in [0, 0.05) is 67.8 Å². The molecule has 2 N–H and O–H groups in total. The fourth-order valence-corrected chi connectivity index (χ4v) is 5.72. The maximum Gasteiger partial charge on any atom is 0.251 e. The van der Waals surface area contributed by atoms with Gasteiger partial charge in [-0.15, -0.1) is 12.4 Å². The molecular weight excluding hydrogens is 402 g/mol. The molecule has 7 nitrogen and oxygen atoms in total. The molecule has 0 spiro atoms. The molecule has 2 fully saturated rings. The van der Waals surface area contributed by atoms with Crippen molar-refractivity contribution in [1.82, 2.24) is 25.0 Å². The predicted molar refractivity (Wildman–Crippen MR) is 115 cm³/mol. The van der Waals surface area contributed by atoms with Crippen LogP contribution in [0.2, 0.25) is 0 Å². The lowest BCUT2D eigenvalue weighted by molar-refractivity contribution is -0.137. The topological polar surface area (TPSA) is 83.0 Å². The Morgan fingerprint density at radius 3 is 2.77 bits per heavy atom. The van der Waals surface area contributed by atoms with Crippen molar-refractivity contribution in [3.8, 4) is 0 Å². The number of nitrogens with zero attached hydrogens (tertiary/aromatic N) is 3. The number of aromatic amines is 1. The van der Waals surface area contributed by atoms with E-state index < -0.39 is 0 Å². The minimum absolute atomic E-state index is 0. The van der Waals surface area contributed by atoms with Crippen LogP contribution in [0, 0.1) is 5.92 Å². The fourth-order valence-electron chi connectivity index (χ4n) is 5.72. The molecule has 6 rings (SSSR count). The molecule has 0 radical (unpaired) electrons. The first-order valence-corrected chi connectivity index (χ1v) is 11.0. The average molecular weight is 430 g/mol. The van der Waals surface area contributed by atoms with E-state index in [9.17, 15) is 9.59 Å². The summed E-state index contributed by atoms with van der Waals surface area (Å²) in [6.45, 7) is 3.09. The smallest absolute Gasteiger partial charge is 0.251 e.